The van der Waals surface area contributed by atoms with E-state index in [0.29, 0.717) is 6.61 Å². The quantitative estimate of drug-likeness (QED) is 0.888. The van der Waals surface area contributed by atoms with Crippen LogP contribution in [-0.2, 0) is 9.59 Å². The number of rotatable bonds is 4. The highest BCUT2D eigenvalue weighted by Gasteiger charge is 2.28. The number of amides is 2. The van der Waals surface area contributed by atoms with E-state index in [9.17, 15) is 9.59 Å². The second-order valence-corrected chi connectivity index (χ2v) is 5.66. The molecule has 114 valence electrons. The van der Waals surface area contributed by atoms with Crippen LogP contribution in [0.1, 0.15) is 38.8 Å². The predicted molar refractivity (Wildman–Crippen MR) is 79.9 cm³/mol. The van der Waals surface area contributed by atoms with Crippen molar-refractivity contribution in [3.8, 4) is 5.75 Å². The van der Waals surface area contributed by atoms with Crippen LogP contribution in [0.15, 0.2) is 24.3 Å². The van der Waals surface area contributed by atoms with Crippen LogP contribution in [-0.4, -0.2) is 24.5 Å². The number of fused-ring (bicyclic) bond motifs is 1. The van der Waals surface area contributed by atoms with Gasteiger partial charge in [0.2, 0.25) is 11.8 Å². The molecule has 0 aromatic heterocycles. The highest BCUT2D eigenvalue weighted by atomic mass is 16.5. The fourth-order valence-corrected chi connectivity index (χ4v) is 2.51. The highest BCUT2D eigenvalue weighted by molar-refractivity contribution is 5.87. The number of hydrogen-bond acceptors (Lipinski definition) is 3. The van der Waals surface area contributed by atoms with E-state index in [2.05, 4.69) is 10.6 Å². The van der Waals surface area contributed by atoms with Crippen molar-refractivity contribution in [1.29, 1.82) is 0 Å². The minimum atomic E-state index is -0.516. The highest BCUT2D eigenvalue weighted by Crippen LogP contribution is 2.31. The van der Waals surface area contributed by atoms with Crippen LogP contribution < -0.4 is 15.4 Å². The standard InChI is InChI=1S/C16H22N2O3/c1-10(2)15(17-11(3)19)16(20)18-13-8-9-21-14-7-5-4-6-12(13)14/h4-7,10,13,15H,8-9H2,1-3H3,(H,17,19)(H,18,20)/t13-,15-/m1/s1. The van der Waals surface area contributed by atoms with E-state index in [4.69, 9.17) is 4.74 Å². The summed E-state index contributed by atoms with van der Waals surface area (Å²) in [6, 6.07) is 7.12. The van der Waals surface area contributed by atoms with E-state index in [1.165, 1.54) is 6.92 Å². The smallest absolute Gasteiger partial charge is 0.243 e. The normalized spacial score (nSPS) is 18.4. The summed E-state index contributed by atoms with van der Waals surface area (Å²) in [5, 5.41) is 5.74. The molecule has 0 saturated heterocycles. The first-order chi connectivity index (χ1) is 9.99. The molecule has 2 rings (SSSR count). The van der Waals surface area contributed by atoms with Crippen molar-refractivity contribution < 1.29 is 14.3 Å². The first kappa shape index (κ1) is 15.4. The minimum Gasteiger partial charge on any atom is -0.493 e. The van der Waals surface area contributed by atoms with E-state index in [1.54, 1.807) is 0 Å². The summed E-state index contributed by atoms with van der Waals surface area (Å²) in [4.78, 5) is 23.7. The maximum Gasteiger partial charge on any atom is 0.243 e. The average molecular weight is 290 g/mol. The number of ether oxygens (including phenoxy) is 1. The van der Waals surface area contributed by atoms with Crippen molar-refractivity contribution in [2.24, 2.45) is 5.92 Å². The van der Waals surface area contributed by atoms with Gasteiger partial charge in [0.15, 0.2) is 0 Å². The van der Waals surface area contributed by atoms with Crippen LogP contribution in [0.5, 0.6) is 5.75 Å². The van der Waals surface area contributed by atoms with Gasteiger partial charge < -0.3 is 15.4 Å². The van der Waals surface area contributed by atoms with Gasteiger partial charge in [-0.2, -0.15) is 0 Å². The molecular formula is C16H22N2O3. The lowest BCUT2D eigenvalue weighted by molar-refractivity contribution is -0.129. The van der Waals surface area contributed by atoms with Gasteiger partial charge in [-0.25, -0.2) is 0 Å². The third-order valence-electron chi connectivity index (χ3n) is 3.58. The van der Waals surface area contributed by atoms with Crippen molar-refractivity contribution in [3.63, 3.8) is 0 Å². The molecular weight excluding hydrogens is 268 g/mol. The number of carbonyl (C=O) groups is 2. The molecule has 0 saturated carbocycles. The topological polar surface area (TPSA) is 67.4 Å². The third kappa shape index (κ3) is 3.74. The molecule has 1 heterocycles. The first-order valence-electron chi connectivity index (χ1n) is 7.28. The van der Waals surface area contributed by atoms with E-state index >= 15 is 0 Å². The third-order valence-corrected chi connectivity index (χ3v) is 3.58. The molecule has 5 heteroatoms. The van der Waals surface area contributed by atoms with Crippen LogP contribution in [0.25, 0.3) is 0 Å². The Kier molecular flexibility index (Phi) is 4.83. The van der Waals surface area contributed by atoms with Crippen molar-refractivity contribution in [1.82, 2.24) is 10.6 Å². The Labute approximate surface area is 125 Å². The second kappa shape index (κ2) is 6.61. The monoisotopic (exact) mass is 290 g/mol. The van der Waals surface area contributed by atoms with Crippen molar-refractivity contribution in [2.75, 3.05) is 6.61 Å². The van der Waals surface area contributed by atoms with Crippen LogP contribution in [0, 0.1) is 5.92 Å². The Morgan fingerprint density at radius 1 is 1.29 bits per heavy atom. The minimum absolute atomic E-state index is 0.0315. The summed E-state index contributed by atoms with van der Waals surface area (Å²) in [5.41, 5.74) is 0.988. The number of hydrogen-bond donors (Lipinski definition) is 2. The fraction of sp³-hybridized carbons (Fsp3) is 0.500. The maximum atomic E-state index is 12.4. The Morgan fingerprint density at radius 3 is 2.67 bits per heavy atom. The van der Waals surface area contributed by atoms with Gasteiger partial charge in [-0.05, 0) is 12.0 Å². The predicted octanol–water partition coefficient (Wildman–Crippen LogP) is 1.79. The van der Waals surface area contributed by atoms with Gasteiger partial charge >= 0.3 is 0 Å². The lowest BCUT2D eigenvalue weighted by Gasteiger charge is -2.29. The average Bonchev–Trinajstić information content (AvgIpc) is 2.44. The van der Waals surface area contributed by atoms with E-state index in [0.717, 1.165) is 17.7 Å². The zero-order valence-corrected chi connectivity index (χ0v) is 12.7. The first-order valence-corrected chi connectivity index (χ1v) is 7.28. The van der Waals surface area contributed by atoms with Gasteiger partial charge in [-0.15, -0.1) is 0 Å². The van der Waals surface area contributed by atoms with Gasteiger partial charge in [-0.1, -0.05) is 32.0 Å². The van der Waals surface area contributed by atoms with Crippen LogP contribution in [0.4, 0.5) is 0 Å². The van der Waals surface area contributed by atoms with Gasteiger partial charge in [0.1, 0.15) is 11.8 Å². The van der Waals surface area contributed by atoms with E-state index in [1.807, 2.05) is 38.1 Å². The van der Waals surface area contributed by atoms with Crippen molar-refractivity contribution >= 4 is 11.8 Å². The summed E-state index contributed by atoms with van der Waals surface area (Å²) in [6.45, 7) is 5.83. The molecule has 1 aromatic rings. The maximum absolute atomic E-state index is 12.4. The summed E-state index contributed by atoms with van der Waals surface area (Å²) in [5.74, 6) is 0.497. The summed E-state index contributed by atoms with van der Waals surface area (Å²) < 4.78 is 5.59. The zero-order valence-electron chi connectivity index (χ0n) is 12.7. The molecule has 2 atom stereocenters. The SMILES string of the molecule is CC(=O)N[C@@H](C(=O)N[C@@H]1CCOc2ccccc21)C(C)C. The molecule has 1 aliphatic rings. The number of para-hydroxylation sites is 1. The van der Waals surface area contributed by atoms with Crippen molar-refractivity contribution in [3.05, 3.63) is 29.8 Å². The zero-order chi connectivity index (χ0) is 15.4. The van der Waals surface area contributed by atoms with Gasteiger partial charge in [-0.3, -0.25) is 9.59 Å². The number of benzene rings is 1. The molecule has 0 bridgehead atoms. The lowest BCUT2D eigenvalue weighted by Crippen LogP contribution is -2.50. The van der Waals surface area contributed by atoms with Gasteiger partial charge in [0, 0.05) is 18.9 Å². The molecule has 0 fully saturated rings. The number of carbonyl (C=O) groups excluding carboxylic acids is 2. The summed E-state index contributed by atoms with van der Waals surface area (Å²) in [7, 11) is 0. The van der Waals surface area contributed by atoms with Crippen LogP contribution >= 0.6 is 0 Å². The molecule has 5 nitrogen and oxygen atoms in total. The molecule has 2 amide bonds. The van der Waals surface area contributed by atoms with Gasteiger partial charge in [0.25, 0.3) is 0 Å². The Morgan fingerprint density at radius 2 is 2.00 bits per heavy atom. The largest absolute Gasteiger partial charge is 0.493 e. The number of nitrogens with one attached hydrogen (secondary N) is 2. The van der Waals surface area contributed by atoms with Crippen molar-refractivity contribution in [2.45, 2.75) is 39.3 Å². The van der Waals surface area contributed by atoms with Crippen LogP contribution in [0.3, 0.4) is 0 Å². The molecule has 1 aliphatic heterocycles. The van der Waals surface area contributed by atoms with E-state index < -0.39 is 6.04 Å². The molecule has 0 radical (unpaired) electrons. The molecule has 0 aliphatic carbocycles. The fourth-order valence-electron chi connectivity index (χ4n) is 2.51. The molecule has 2 N–H and O–H groups in total. The molecule has 21 heavy (non-hydrogen) atoms. The Hall–Kier alpha value is -2.04. The molecule has 0 unspecified atom stereocenters. The molecule has 0 spiro atoms. The Balaban J connectivity index is 2.10. The van der Waals surface area contributed by atoms with E-state index in [-0.39, 0.29) is 23.8 Å². The lowest BCUT2D eigenvalue weighted by atomic mass is 9.98. The van der Waals surface area contributed by atoms with Crippen LogP contribution in [0.2, 0.25) is 0 Å². The van der Waals surface area contributed by atoms with Gasteiger partial charge in [0.05, 0.1) is 12.6 Å². The molecule has 1 aromatic carbocycles. The summed E-state index contributed by atoms with van der Waals surface area (Å²) in [6.07, 6.45) is 0.730. The second-order valence-electron chi connectivity index (χ2n) is 5.66. The Bertz CT molecular complexity index is 528. The summed E-state index contributed by atoms with van der Waals surface area (Å²) >= 11 is 0.